The second-order valence-corrected chi connectivity index (χ2v) is 5.13. The first-order chi connectivity index (χ1) is 7.56. The molecule has 2 aromatic rings. The molecule has 0 aliphatic rings. The van der Waals surface area contributed by atoms with Crippen LogP contribution in [0.4, 0.5) is 0 Å². The molecule has 84 valence electrons. The fourth-order valence-electron chi connectivity index (χ4n) is 1.84. The van der Waals surface area contributed by atoms with Crippen LogP contribution in [-0.4, -0.2) is 4.57 Å². The fourth-order valence-corrected chi connectivity index (χ4v) is 2.33. The van der Waals surface area contributed by atoms with Crippen LogP contribution in [0.1, 0.15) is 27.2 Å². The predicted octanol–water partition coefficient (Wildman–Crippen LogP) is 4.52. The SMILES string of the molecule is CCC(C)(C)n1ccc2ccccc2c1=S. The van der Waals surface area contributed by atoms with Crippen LogP contribution >= 0.6 is 12.2 Å². The maximum Gasteiger partial charge on any atom is 0.114 e. The van der Waals surface area contributed by atoms with Crippen molar-refractivity contribution in [1.82, 2.24) is 4.57 Å². The molecule has 0 radical (unpaired) electrons. The van der Waals surface area contributed by atoms with Gasteiger partial charge in [0.05, 0.1) is 0 Å². The Morgan fingerprint density at radius 2 is 1.88 bits per heavy atom. The van der Waals surface area contributed by atoms with Gasteiger partial charge in [-0.3, -0.25) is 0 Å². The summed E-state index contributed by atoms with van der Waals surface area (Å²) < 4.78 is 3.13. The largest absolute Gasteiger partial charge is 0.333 e. The monoisotopic (exact) mass is 231 g/mol. The summed E-state index contributed by atoms with van der Waals surface area (Å²) in [7, 11) is 0. The minimum atomic E-state index is 0.0844. The number of rotatable bonds is 2. The lowest BCUT2D eigenvalue weighted by atomic mass is 10.0. The van der Waals surface area contributed by atoms with Crippen LogP contribution in [0.15, 0.2) is 36.5 Å². The van der Waals surface area contributed by atoms with Gasteiger partial charge in [0.15, 0.2) is 0 Å². The second kappa shape index (κ2) is 4.02. The van der Waals surface area contributed by atoms with Gasteiger partial charge in [-0.15, -0.1) is 0 Å². The van der Waals surface area contributed by atoms with Crippen LogP contribution in [0, 0.1) is 4.64 Å². The van der Waals surface area contributed by atoms with Crippen LogP contribution in [0.25, 0.3) is 10.8 Å². The van der Waals surface area contributed by atoms with Gasteiger partial charge in [0.2, 0.25) is 0 Å². The van der Waals surface area contributed by atoms with Gasteiger partial charge >= 0.3 is 0 Å². The van der Waals surface area contributed by atoms with Crippen molar-refractivity contribution in [3.8, 4) is 0 Å². The van der Waals surface area contributed by atoms with E-state index in [-0.39, 0.29) is 5.54 Å². The van der Waals surface area contributed by atoms with E-state index in [0.29, 0.717) is 0 Å². The lowest BCUT2D eigenvalue weighted by molar-refractivity contribution is 0.338. The molecule has 1 heterocycles. The van der Waals surface area contributed by atoms with Gasteiger partial charge in [-0.2, -0.15) is 0 Å². The van der Waals surface area contributed by atoms with Crippen molar-refractivity contribution in [2.45, 2.75) is 32.7 Å². The van der Waals surface area contributed by atoms with Crippen LogP contribution < -0.4 is 0 Å². The molecule has 0 saturated carbocycles. The molecule has 0 unspecified atom stereocenters. The third-order valence-electron chi connectivity index (χ3n) is 3.33. The Balaban J connectivity index is 2.76. The fraction of sp³-hybridized carbons (Fsp3) is 0.357. The highest BCUT2D eigenvalue weighted by atomic mass is 32.1. The number of hydrogen-bond acceptors (Lipinski definition) is 1. The normalized spacial score (nSPS) is 11.9. The van der Waals surface area contributed by atoms with Crippen LogP contribution in [-0.2, 0) is 5.54 Å². The van der Waals surface area contributed by atoms with Gasteiger partial charge in [-0.25, -0.2) is 0 Å². The van der Waals surface area contributed by atoms with Gasteiger partial charge in [-0.05, 0) is 31.7 Å². The summed E-state index contributed by atoms with van der Waals surface area (Å²) in [4.78, 5) is 0. The third-order valence-corrected chi connectivity index (χ3v) is 3.75. The van der Waals surface area contributed by atoms with Gasteiger partial charge in [-0.1, -0.05) is 43.4 Å². The predicted molar refractivity (Wildman–Crippen MR) is 72.4 cm³/mol. The summed E-state index contributed by atoms with van der Waals surface area (Å²) in [6.45, 7) is 6.63. The number of pyridine rings is 1. The number of hydrogen-bond donors (Lipinski definition) is 0. The standard InChI is InChI=1S/C14H17NS/c1-4-14(2,3)15-10-9-11-7-5-6-8-12(11)13(15)16/h5-10H,4H2,1-3H3. The number of aromatic nitrogens is 1. The molecule has 0 N–H and O–H groups in total. The Labute approximate surface area is 102 Å². The highest BCUT2D eigenvalue weighted by Crippen LogP contribution is 2.24. The van der Waals surface area contributed by atoms with Crippen molar-refractivity contribution in [2.75, 3.05) is 0 Å². The average Bonchev–Trinajstić information content (AvgIpc) is 2.29. The zero-order chi connectivity index (χ0) is 11.8. The van der Waals surface area contributed by atoms with E-state index in [4.69, 9.17) is 12.2 Å². The second-order valence-electron chi connectivity index (χ2n) is 4.74. The molecular weight excluding hydrogens is 214 g/mol. The van der Waals surface area contributed by atoms with Crippen molar-refractivity contribution in [2.24, 2.45) is 0 Å². The summed E-state index contributed by atoms with van der Waals surface area (Å²) >= 11 is 5.57. The molecule has 16 heavy (non-hydrogen) atoms. The first kappa shape index (κ1) is 11.3. The van der Waals surface area contributed by atoms with Crippen molar-refractivity contribution >= 4 is 23.0 Å². The Morgan fingerprint density at radius 3 is 2.56 bits per heavy atom. The van der Waals surface area contributed by atoms with Crippen LogP contribution in [0.5, 0.6) is 0 Å². The zero-order valence-corrected chi connectivity index (χ0v) is 10.8. The van der Waals surface area contributed by atoms with E-state index in [1.807, 2.05) is 12.1 Å². The number of nitrogens with zero attached hydrogens (tertiary/aromatic N) is 1. The Bertz CT molecular complexity index is 566. The highest BCUT2D eigenvalue weighted by molar-refractivity contribution is 7.71. The molecule has 0 bridgehead atoms. The molecule has 0 aliphatic carbocycles. The van der Waals surface area contributed by atoms with Crippen molar-refractivity contribution in [1.29, 1.82) is 0 Å². The van der Waals surface area contributed by atoms with Gasteiger partial charge < -0.3 is 4.57 Å². The minimum Gasteiger partial charge on any atom is -0.333 e. The van der Waals surface area contributed by atoms with Crippen LogP contribution in [0.2, 0.25) is 0 Å². The summed E-state index contributed by atoms with van der Waals surface area (Å²) in [5.74, 6) is 0. The maximum atomic E-state index is 5.57. The lowest BCUT2D eigenvalue weighted by Gasteiger charge is -2.27. The van der Waals surface area contributed by atoms with Gasteiger partial charge in [0.25, 0.3) is 0 Å². The van der Waals surface area contributed by atoms with E-state index >= 15 is 0 Å². The maximum absolute atomic E-state index is 5.57. The first-order valence-electron chi connectivity index (χ1n) is 5.67. The van der Waals surface area contributed by atoms with E-state index in [1.54, 1.807) is 0 Å². The highest BCUT2D eigenvalue weighted by Gasteiger charge is 2.17. The summed E-state index contributed by atoms with van der Waals surface area (Å²) in [6.07, 6.45) is 3.17. The molecule has 2 heteroatoms. The quantitative estimate of drug-likeness (QED) is 0.688. The lowest BCUT2D eigenvalue weighted by Crippen LogP contribution is -2.25. The molecule has 1 aromatic heterocycles. The van der Waals surface area contributed by atoms with Gasteiger partial charge in [0.1, 0.15) is 4.64 Å². The zero-order valence-electron chi connectivity index (χ0n) is 10.0. The van der Waals surface area contributed by atoms with E-state index in [0.717, 1.165) is 11.1 Å². The van der Waals surface area contributed by atoms with E-state index in [9.17, 15) is 0 Å². The van der Waals surface area contributed by atoms with E-state index in [1.165, 1.54) is 10.8 Å². The topological polar surface area (TPSA) is 4.93 Å². The summed E-state index contributed by atoms with van der Waals surface area (Å²) in [5, 5.41) is 2.39. The molecule has 1 nitrogen and oxygen atoms in total. The molecule has 0 aliphatic heterocycles. The number of benzene rings is 1. The minimum absolute atomic E-state index is 0.0844. The Kier molecular flexibility index (Phi) is 2.85. The molecule has 0 atom stereocenters. The Morgan fingerprint density at radius 1 is 1.19 bits per heavy atom. The first-order valence-corrected chi connectivity index (χ1v) is 6.08. The van der Waals surface area contributed by atoms with Gasteiger partial charge in [0, 0.05) is 17.1 Å². The average molecular weight is 231 g/mol. The summed E-state index contributed by atoms with van der Waals surface area (Å²) in [6, 6.07) is 10.4. The van der Waals surface area contributed by atoms with Crippen molar-refractivity contribution in [3.05, 3.63) is 41.2 Å². The van der Waals surface area contributed by atoms with Crippen LogP contribution in [0.3, 0.4) is 0 Å². The molecule has 0 fully saturated rings. The molecule has 2 rings (SSSR count). The van der Waals surface area contributed by atoms with E-state index < -0.39 is 0 Å². The smallest absolute Gasteiger partial charge is 0.114 e. The molecule has 1 aromatic carbocycles. The summed E-state index contributed by atoms with van der Waals surface area (Å²) in [5.41, 5.74) is 0.0844. The molecule has 0 saturated heterocycles. The molecule has 0 amide bonds. The number of fused-ring (bicyclic) bond motifs is 1. The van der Waals surface area contributed by atoms with Crippen molar-refractivity contribution < 1.29 is 0 Å². The molecular formula is C14H17NS. The van der Waals surface area contributed by atoms with Crippen molar-refractivity contribution in [3.63, 3.8) is 0 Å². The molecule has 0 spiro atoms. The Hall–Kier alpha value is -1.15. The third kappa shape index (κ3) is 1.78. The van der Waals surface area contributed by atoms with E-state index in [2.05, 4.69) is 49.7 Å².